The van der Waals surface area contributed by atoms with Crippen molar-refractivity contribution < 1.29 is 63.6 Å². The number of rotatable bonds is 28. The van der Waals surface area contributed by atoms with Gasteiger partial charge in [-0.3, -0.25) is 38.4 Å². The highest BCUT2D eigenvalue weighted by molar-refractivity contribution is 5.96. The van der Waals surface area contributed by atoms with Gasteiger partial charge in [0.2, 0.25) is 35.4 Å². The molecule has 0 aromatic rings. The van der Waals surface area contributed by atoms with E-state index in [4.69, 9.17) is 27.4 Å². The van der Waals surface area contributed by atoms with Crippen LogP contribution >= 0.6 is 0 Å². The summed E-state index contributed by atoms with van der Waals surface area (Å²) in [6.07, 6.45) is 0.213. The van der Waals surface area contributed by atoms with E-state index in [2.05, 4.69) is 31.9 Å². The minimum absolute atomic E-state index is 0.0141. The van der Waals surface area contributed by atoms with E-state index in [0.717, 1.165) is 0 Å². The SMILES string of the molecule is C[C@H](NC(=O)[C@@H](N)CCC(=O)O)C(=O)N[C@@H](CCCCN)C(=O)NCC(=O)N[C@@H](CCCCN)C(=O)N[C@@H](CO)C(=O)N[C@@H](CCC(=O)O)C(=O)O. The molecule has 0 aliphatic heterocycles. The van der Waals surface area contributed by atoms with Crippen LogP contribution in [0.5, 0.6) is 0 Å². The molecule has 296 valence electrons. The molecule has 0 saturated heterocycles. The zero-order valence-corrected chi connectivity index (χ0v) is 29.1. The summed E-state index contributed by atoms with van der Waals surface area (Å²) in [5.74, 6) is -9.24. The van der Waals surface area contributed by atoms with Crippen molar-refractivity contribution in [3.8, 4) is 0 Å². The van der Waals surface area contributed by atoms with Crippen molar-refractivity contribution in [3.05, 3.63) is 0 Å². The van der Waals surface area contributed by atoms with E-state index in [9.17, 15) is 53.4 Å². The Bertz CT molecular complexity index is 1240. The molecule has 0 aliphatic rings. The topological polar surface area (TPSA) is 385 Å². The first-order valence-corrected chi connectivity index (χ1v) is 16.7. The number of aliphatic carboxylic acids is 3. The second-order valence-corrected chi connectivity index (χ2v) is 11.8. The summed E-state index contributed by atoms with van der Waals surface area (Å²) in [4.78, 5) is 110. The van der Waals surface area contributed by atoms with Crippen molar-refractivity contribution in [2.24, 2.45) is 17.2 Å². The van der Waals surface area contributed by atoms with Gasteiger partial charge in [-0.15, -0.1) is 0 Å². The van der Waals surface area contributed by atoms with E-state index in [1.54, 1.807) is 0 Å². The van der Waals surface area contributed by atoms with Gasteiger partial charge in [0, 0.05) is 12.8 Å². The summed E-state index contributed by atoms with van der Waals surface area (Å²) in [6.45, 7) is 0.234. The molecule has 0 radical (unpaired) electrons. The van der Waals surface area contributed by atoms with Crippen LogP contribution in [0.15, 0.2) is 0 Å². The summed E-state index contributed by atoms with van der Waals surface area (Å²) < 4.78 is 0. The number of nitrogens with two attached hydrogens (primary N) is 3. The largest absolute Gasteiger partial charge is 0.481 e. The summed E-state index contributed by atoms with van der Waals surface area (Å²) >= 11 is 0. The highest BCUT2D eigenvalue weighted by Gasteiger charge is 2.30. The van der Waals surface area contributed by atoms with Crippen molar-refractivity contribution >= 4 is 53.4 Å². The fourth-order valence-electron chi connectivity index (χ4n) is 4.42. The standard InChI is InChI=1S/C30H53N9O13/c1-16(35-26(47)17(33)8-10-23(42)43)25(46)37-18(6-2-4-12-31)27(48)34-14-22(41)36-19(7-3-5-13-32)28(49)39-21(15-40)29(50)38-20(30(51)52)9-11-24(44)45/h16-21,40H,2-15,31-33H2,1H3,(H,34,48)(H,35,47)(H,36,41)(H,37,46)(H,38,50)(H,39,49)(H,42,43)(H,44,45)(H,51,52)/t16-,17-,18-,19-,20-,21-/m0/s1. The third kappa shape index (κ3) is 20.1. The van der Waals surface area contributed by atoms with Crippen LogP contribution in [-0.4, -0.2) is 136 Å². The minimum atomic E-state index is -1.67. The Balaban J connectivity index is 5.52. The first kappa shape index (κ1) is 47.1. The molecule has 0 aromatic carbocycles. The van der Waals surface area contributed by atoms with Gasteiger partial charge in [0.25, 0.3) is 0 Å². The number of hydrogen-bond donors (Lipinski definition) is 13. The predicted octanol–water partition coefficient (Wildman–Crippen LogP) is -5.06. The number of carbonyl (C=O) groups is 9. The molecule has 6 amide bonds. The first-order chi connectivity index (χ1) is 24.5. The van der Waals surface area contributed by atoms with E-state index in [1.807, 2.05) is 0 Å². The zero-order chi connectivity index (χ0) is 39.8. The van der Waals surface area contributed by atoms with Gasteiger partial charge in [0.05, 0.1) is 19.2 Å². The average Bonchev–Trinajstić information content (AvgIpc) is 3.08. The summed E-state index contributed by atoms with van der Waals surface area (Å²) in [5.41, 5.74) is 16.7. The predicted molar refractivity (Wildman–Crippen MR) is 181 cm³/mol. The van der Waals surface area contributed by atoms with Crippen LogP contribution in [0.4, 0.5) is 0 Å². The van der Waals surface area contributed by atoms with E-state index < -0.39 is 116 Å². The molecule has 0 rings (SSSR count). The molecular formula is C30H53N9O13. The lowest BCUT2D eigenvalue weighted by Crippen LogP contribution is -2.58. The number of carbonyl (C=O) groups excluding carboxylic acids is 6. The van der Waals surface area contributed by atoms with E-state index in [-0.39, 0.29) is 32.2 Å². The Kier molecular flexibility index (Phi) is 23.5. The summed E-state index contributed by atoms with van der Waals surface area (Å²) in [5, 5.41) is 50.5. The maximum Gasteiger partial charge on any atom is 0.326 e. The molecule has 0 aromatic heterocycles. The zero-order valence-electron chi connectivity index (χ0n) is 29.1. The van der Waals surface area contributed by atoms with Crippen molar-refractivity contribution in [3.63, 3.8) is 0 Å². The number of aliphatic hydroxyl groups excluding tert-OH is 1. The van der Waals surface area contributed by atoms with E-state index in [0.29, 0.717) is 32.2 Å². The lowest BCUT2D eigenvalue weighted by Gasteiger charge is -2.24. The van der Waals surface area contributed by atoms with Gasteiger partial charge < -0.3 is 69.5 Å². The molecular weight excluding hydrogens is 694 g/mol. The smallest absolute Gasteiger partial charge is 0.326 e. The van der Waals surface area contributed by atoms with Crippen LogP contribution in [0, 0.1) is 0 Å². The number of aliphatic hydroxyl groups is 1. The highest BCUT2D eigenvalue weighted by atomic mass is 16.4. The third-order valence-corrected chi connectivity index (χ3v) is 7.44. The molecule has 22 nitrogen and oxygen atoms in total. The van der Waals surface area contributed by atoms with Crippen LogP contribution in [0.2, 0.25) is 0 Å². The number of unbranched alkanes of at least 4 members (excludes halogenated alkanes) is 2. The molecule has 16 N–H and O–H groups in total. The fourth-order valence-corrected chi connectivity index (χ4v) is 4.42. The van der Waals surface area contributed by atoms with Crippen LogP contribution in [0.1, 0.15) is 71.1 Å². The van der Waals surface area contributed by atoms with E-state index >= 15 is 0 Å². The van der Waals surface area contributed by atoms with Crippen LogP contribution in [0.25, 0.3) is 0 Å². The van der Waals surface area contributed by atoms with Crippen LogP contribution in [-0.2, 0) is 43.2 Å². The Morgan fingerprint density at radius 3 is 1.54 bits per heavy atom. The maximum atomic E-state index is 13.1. The second kappa shape index (κ2) is 25.9. The van der Waals surface area contributed by atoms with Gasteiger partial charge in [-0.2, -0.15) is 0 Å². The normalized spacial score (nSPS) is 14.2. The first-order valence-electron chi connectivity index (χ1n) is 16.7. The molecule has 6 atom stereocenters. The molecule has 0 bridgehead atoms. The number of hydrogen-bond acceptors (Lipinski definition) is 13. The Hall–Kier alpha value is -4.93. The van der Waals surface area contributed by atoms with Gasteiger partial charge in [-0.1, -0.05) is 0 Å². The Labute approximate surface area is 299 Å². The molecule has 52 heavy (non-hydrogen) atoms. The number of nitrogens with one attached hydrogen (secondary N) is 6. The second-order valence-electron chi connectivity index (χ2n) is 11.8. The average molecular weight is 748 g/mol. The van der Waals surface area contributed by atoms with Crippen molar-refractivity contribution in [1.29, 1.82) is 0 Å². The molecule has 22 heteroatoms. The number of amides is 6. The lowest BCUT2D eigenvalue weighted by molar-refractivity contribution is -0.144. The van der Waals surface area contributed by atoms with Gasteiger partial charge in [-0.25, -0.2) is 4.79 Å². The summed E-state index contributed by atoms with van der Waals surface area (Å²) in [7, 11) is 0. The number of carboxylic acids is 3. The summed E-state index contributed by atoms with van der Waals surface area (Å²) in [6, 6.07) is -8.14. The molecule has 0 unspecified atom stereocenters. The Morgan fingerprint density at radius 1 is 0.558 bits per heavy atom. The minimum Gasteiger partial charge on any atom is -0.481 e. The van der Waals surface area contributed by atoms with Crippen molar-refractivity contribution in [1.82, 2.24) is 31.9 Å². The molecule has 0 heterocycles. The number of carboxylic acid groups (broad SMARTS) is 3. The van der Waals surface area contributed by atoms with Crippen molar-refractivity contribution in [2.45, 2.75) is 107 Å². The monoisotopic (exact) mass is 747 g/mol. The van der Waals surface area contributed by atoms with Gasteiger partial charge in [0.1, 0.15) is 30.2 Å². The molecule has 0 spiro atoms. The molecule has 0 aliphatic carbocycles. The van der Waals surface area contributed by atoms with Gasteiger partial charge in [0.15, 0.2) is 0 Å². The van der Waals surface area contributed by atoms with Crippen LogP contribution in [0.3, 0.4) is 0 Å². The van der Waals surface area contributed by atoms with Gasteiger partial charge in [-0.05, 0) is 71.4 Å². The molecule has 0 fully saturated rings. The van der Waals surface area contributed by atoms with Gasteiger partial charge >= 0.3 is 17.9 Å². The maximum absolute atomic E-state index is 13.1. The molecule has 0 saturated carbocycles. The van der Waals surface area contributed by atoms with Crippen LogP contribution < -0.4 is 49.1 Å². The Morgan fingerprint density at radius 2 is 1.04 bits per heavy atom. The third-order valence-electron chi connectivity index (χ3n) is 7.44. The fraction of sp³-hybridized carbons (Fsp3) is 0.700. The lowest BCUT2D eigenvalue weighted by atomic mass is 10.1. The quantitative estimate of drug-likeness (QED) is 0.0333. The van der Waals surface area contributed by atoms with E-state index in [1.165, 1.54) is 6.92 Å². The van der Waals surface area contributed by atoms with Crippen molar-refractivity contribution in [2.75, 3.05) is 26.2 Å². The highest BCUT2D eigenvalue weighted by Crippen LogP contribution is 2.05.